The Morgan fingerprint density at radius 1 is 1.24 bits per heavy atom. The van der Waals surface area contributed by atoms with Gasteiger partial charge in [-0.2, -0.15) is 0 Å². The zero-order chi connectivity index (χ0) is 15.3. The minimum atomic E-state index is -0.692. The van der Waals surface area contributed by atoms with E-state index in [9.17, 15) is 9.90 Å². The summed E-state index contributed by atoms with van der Waals surface area (Å²) in [4.78, 5) is 14.2. The van der Waals surface area contributed by atoms with Gasteiger partial charge in [-0.25, -0.2) is 0 Å². The maximum Gasteiger partial charge on any atom is 0.323 e. The molecule has 4 heteroatoms. The van der Waals surface area contributed by atoms with Gasteiger partial charge < -0.3 is 10.0 Å². The minimum Gasteiger partial charge on any atom is -0.480 e. The molecule has 0 bridgehead atoms. The van der Waals surface area contributed by atoms with Crippen molar-refractivity contribution in [2.24, 2.45) is 5.92 Å². The molecule has 122 valence electrons. The fourth-order valence-corrected chi connectivity index (χ4v) is 3.51. The van der Waals surface area contributed by atoms with Crippen LogP contribution in [0.5, 0.6) is 0 Å². The van der Waals surface area contributed by atoms with Crippen LogP contribution in [-0.4, -0.2) is 47.2 Å². The van der Waals surface area contributed by atoms with Crippen molar-refractivity contribution in [2.75, 3.05) is 19.6 Å². The predicted octanol–water partition coefficient (Wildman–Crippen LogP) is 2.87. The highest BCUT2D eigenvalue weighted by atomic mass is 16.4. The van der Waals surface area contributed by atoms with Crippen LogP contribution in [0.15, 0.2) is 0 Å². The third-order valence-corrected chi connectivity index (χ3v) is 5.43. The first kappa shape index (κ1) is 16.8. The summed E-state index contributed by atoms with van der Waals surface area (Å²) in [5.41, 5.74) is -0.692. The second-order valence-corrected chi connectivity index (χ2v) is 6.96. The van der Waals surface area contributed by atoms with Gasteiger partial charge in [0, 0.05) is 6.04 Å². The Morgan fingerprint density at radius 3 is 2.38 bits per heavy atom. The Hall–Kier alpha value is -0.610. The van der Waals surface area contributed by atoms with Crippen LogP contribution in [0.3, 0.4) is 0 Å². The lowest BCUT2D eigenvalue weighted by atomic mass is 9.89. The van der Waals surface area contributed by atoms with Crippen molar-refractivity contribution in [1.82, 2.24) is 10.2 Å². The molecule has 4 nitrogen and oxygen atoms in total. The summed E-state index contributed by atoms with van der Waals surface area (Å²) in [6.45, 7) is 7.72. The van der Waals surface area contributed by atoms with Crippen LogP contribution in [0, 0.1) is 5.92 Å². The second kappa shape index (κ2) is 7.59. The molecule has 2 rings (SSSR count). The van der Waals surface area contributed by atoms with E-state index < -0.39 is 11.5 Å². The quantitative estimate of drug-likeness (QED) is 0.687. The first-order valence-electron chi connectivity index (χ1n) is 8.83. The largest absolute Gasteiger partial charge is 0.480 e. The number of nitrogens with zero attached hydrogens (tertiary/aromatic N) is 1. The van der Waals surface area contributed by atoms with Gasteiger partial charge >= 0.3 is 5.97 Å². The highest BCUT2D eigenvalue weighted by Gasteiger charge is 2.40. The fourth-order valence-electron chi connectivity index (χ4n) is 3.51. The lowest BCUT2D eigenvalue weighted by Gasteiger charge is -2.34. The van der Waals surface area contributed by atoms with E-state index in [1.54, 1.807) is 0 Å². The maximum atomic E-state index is 11.7. The Morgan fingerprint density at radius 2 is 1.90 bits per heavy atom. The summed E-state index contributed by atoms with van der Waals surface area (Å²) in [5.74, 6) is 0.244. The van der Waals surface area contributed by atoms with E-state index in [-0.39, 0.29) is 0 Å². The first-order valence-corrected chi connectivity index (χ1v) is 8.83. The standard InChI is InChI=1S/C17H32N2O2/c1-3-14-8-12-19(13-9-14)11-5-10-17(4-2,16(20)21)18-15-6-7-15/h14-15,18H,3-13H2,1-2H3,(H,20,21). The van der Waals surface area contributed by atoms with Crippen molar-refractivity contribution < 1.29 is 9.90 Å². The summed E-state index contributed by atoms with van der Waals surface area (Å²) < 4.78 is 0. The van der Waals surface area contributed by atoms with Gasteiger partial charge in [-0.1, -0.05) is 20.3 Å². The number of aliphatic carboxylic acids is 1. The average Bonchev–Trinajstić information content (AvgIpc) is 3.30. The van der Waals surface area contributed by atoms with Gasteiger partial charge in [0.1, 0.15) is 5.54 Å². The van der Waals surface area contributed by atoms with Gasteiger partial charge in [0.25, 0.3) is 0 Å². The number of carboxylic acids is 1. The molecule has 2 fully saturated rings. The van der Waals surface area contributed by atoms with Crippen LogP contribution in [0.1, 0.15) is 65.2 Å². The molecule has 0 aromatic heterocycles. The molecule has 1 saturated heterocycles. The van der Waals surface area contributed by atoms with E-state index in [4.69, 9.17) is 0 Å². The molecule has 1 aliphatic carbocycles. The second-order valence-electron chi connectivity index (χ2n) is 6.96. The monoisotopic (exact) mass is 296 g/mol. The number of carboxylic acid groups (broad SMARTS) is 1. The molecule has 1 saturated carbocycles. The molecule has 0 radical (unpaired) electrons. The Bertz CT molecular complexity index is 336. The van der Waals surface area contributed by atoms with E-state index in [1.807, 2.05) is 6.92 Å². The van der Waals surface area contributed by atoms with Gasteiger partial charge in [-0.3, -0.25) is 10.1 Å². The summed E-state index contributed by atoms with van der Waals surface area (Å²) in [6, 6.07) is 0.446. The minimum absolute atomic E-state index is 0.446. The summed E-state index contributed by atoms with van der Waals surface area (Å²) in [7, 11) is 0. The van der Waals surface area contributed by atoms with Crippen LogP contribution in [0.4, 0.5) is 0 Å². The molecule has 0 aromatic rings. The van der Waals surface area contributed by atoms with Gasteiger partial charge in [0.05, 0.1) is 0 Å². The molecule has 0 aromatic carbocycles. The summed E-state index contributed by atoms with van der Waals surface area (Å²) in [5, 5.41) is 13.0. The van der Waals surface area contributed by atoms with E-state index in [1.165, 1.54) is 32.4 Å². The van der Waals surface area contributed by atoms with E-state index in [0.717, 1.165) is 38.1 Å². The smallest absolute Gasteiger partial charge is 0.323 e. The SMILES string of the molecule is CCC1CCN(CCCC(CC)(NC2CC2)C(=O)O)CC1. The van der Waals surface area contributed by atoms with Crippen LogP contribution in [0.2, 0.25) is 0 Å². The fraction of sp³-hybridized carbons (Fsp3) is 0.941. The van der Waals surface area contributed by atoms with E-state index >= 15 is 0 Å². The number of hydrogen-bond donors (Lipinski definition) is 2. The van der Waals surface area contributed by atoms with Crippen LogP contribution < -0.4 is 5.32 Å². The van der Waals surface area contributed by atoms with Gasteiger partial charge in [-0.15, -0.1) is 0 Å². The number of hydrogen-bond acceptors (Lipinski definition) is 3. The topological polar surface area (TPSA) is 52.6 Å². The highest BCUT2D eigenvalue weighted by molar-refractivity contribution is 5.78. The van der Waals surface area contributed by atoms with Crippen LogP contribution in [0.25, 0.3) is 0 Å². The molecule has 1 atom stereocenters. The lowest BCUT2D eigenvalue weighted by molar-refractivity contribution is -0.145. The van der Waals surface area contributed by atoms with Crippen molar-refractivity contribution in [3.63, 3.8) is 0 Å². The number of nitrogens with one attached hydrogen (secondary N) is 1. The number of carbonyl (C=O) groups is 1. The molecule has 2 aliphatic rings. The molecule has 1 heterocycles. The van der Waals surface area contributed by atoms with Gasteiger partial charge in [0.15, 0.2) is 0 Å². The van der Waals surface area contributed by atoms with Crippen molar-refractivity contribution >= 4 is 5.97 Å². The van der Waals surface area contributed by atoms with Crippen molar-refractivity contribution in [1.29, 1.82) is 0 Å². The first-order chi connectivity index (χ1) is 10.1. The molecule has 1 aliphatic heterocycles. The van der Waals surface area contributed by atoms with Crippen molar-refractivity contribution in [3.8, 4) is 0 Å². The Kier molecular flexibility index (Phi) is 6.06. The third kappa shape index (κ3) is 4.68. The molecule has 1 unspecified atom stereocenters. The average molecular weight is 296 g/mol. The number of likely N-dealkylation sites (tertiary alicyclic amines) is 1. The highest BCUT2D eigenvalue weighted by Crippen LogP contribution is 2.28. The molecule has 0 spiro atoms. The maximum absolute atomic E-state index is 11.7. The molecule has 0 amide bonds. The zero-order valence-electron chi connectivity index (χ0n) is 13.7. The summed E-state index contributed by atoms with van der Waals surface area (Å²) in [6.07, 6.45) is 8.62. The lowest BCUT2D eigenvalue weighted by Crippen LogP contribution is -2.53. The normalized spacial score (nSPS) is 23.9. The molecular weight excluding hydrogens is 264 g/mol. The van der Waals surface area contributed by atoms with Crippen LogP contribution in [-0.2, 0) is 4.79 Å². The Balaban J connectivity index is 1.75. The Labute approximate surface area is 129 Å². The predicted molar refractivity (Wildman–Crippen MR) is 85.5 cm³/mol. The van der Waals surface area contributed by atoms with E-state index in [0.29, 0.717) is 12.5 Å². The van der Waals surface area contributed by atoms with Gasteiger partial charge in [0.2, 0.25) is 0 Å². The van der Waals surface area contributed by atoms with Gasteiger partial charge in [-0.05, 0) is 70.5 Å². The zero-order valence-corrected chi connectivity index (χ0v) is 13.7. The van der Waals surface area contributed by atoms with Crippen molar-refractivity contribution in [2.45, 2.75) is 76.8 Å². The molecule has 2 N–H and O–H groups in total. The summed E-state index contributed by atoms with van der Waals surface area (Å²) >= 11 is 0. The molecular formula is C17H32N2O2. The third-order valence-electron chi connectivity index (χ3n) is 5.43. The van der Waals surface area contributed by atoms with Crippen LogP contribution >= 0.6 is 0 Å². The van der Waals surface area contributed by atoms with Crippen molar-refractivity contribution in [3.05, 3.63) is 0 Å². The molecule has 21 heavy (non-hydrogen) atoms. The number of rotatable bonds is 9. The van der Waals surface area contributed by atoms with E-state index in [2.05, 4.69) is 17.1 Å². The number of piperidine rings is 1.